The fourth-order valence-electron chi connectivity index (χ4n) is 5.46. The van der Waals surface area contributed by atoms with Crippen molar-refractivity contribution in [3.8, 4) is 5.75 Å². The number of methoxy groups -OCH3 is 1. The van der Waals surface area contributed by atoms with Gasteiger partial charge in [0.15, 0.2) is 0 Å². The summed E-state index contributed by atoms with van der Waals surface area (Å²) in [7, 11) is 1.60. The number of amides is 2. The van der Waals surface area contributed by atoms with Gasteiger partial charge in [0.1, 0.15) is 11.6 Å². The number of carbonyl (C=O) groups excluding carboxylic acids is 2. The third kappa shape index (κ3) is 6.13. The van der Waals surface area contributed by atoms with Gasteiger partial charge in [0.2, 0.25) is 5.91 Å². The molecular weight excluding hydrogens is 497 g/mol. The molecule has 1 N–H and O–H groups in total. The van der Waals surface area contributed by atoms with Crippen LogP contribution in [-0.2, 0) is 16.1 Å². The lowest BCUT2D eigenvalue weighted by Crippen LogP contribution is -2.47. The van der Waals surface area contributed by atoms with Gasteiger partial charge in [-0.05, 0) is 60.0 Å². The summed E-state index contributed by atoms with van der Waals surface area (Å²) < 4.78 is 24.4. The smallest absolute Gasteiger partial charge is 0.255 e. The molecule has 2 aliphatic rings. The zero-order valence-corrected chi connectivity index (χ0v) is 22.1. The quantitative estimate of drug-likeness (QED) is 0.420. The molecule has 2 heterocycles. The summed E-state index contributed by atoms with van der Waals surface area (Å²) in [4.78, 5) is 31.9. The van der Waals surface area contributed by atoms with Crippen molar-refractivity contribution in [2.75, 3.05) is 46.5 Å². The molecular formula is C31H34FN3O4. The summed E-state index contributed by atoms with van der Waals surface area (Å²) in [6.07, 6.45) is 0.825. The van der Waals surface area contributed by atoms with Crippen LogP contribution >= 0.6 is 0 Å². The molecule has 0 unspecified atom stereocenters. The standard InChI is InChI=1S/C31H34FN3O4/c1-38-25-13-9-23(10-14-25)29-28(30(36)33-15-4-16-34-17-19-39-20-18-34)26-5-2-3-6-27(26)31(37)35(29)21-22-7-11-24(32)12-8-22/h2-3,5-14,28-29H,4,15-21H2,1H3,(H,33,36)/t28-,29+/m0/s1. The molecule has 5 rings (SSSR count). The number of morpholine rings is 1. The molecule has 0 radical (unpaired) electrons. The Balaban J connectivity index is 1.45. The van der Waals surface area contributed by atoms with E-state index >= 15 is 0 Å². The van der Waals surface area contributed by atoms with E-state index in [0.717, 1.165) is 50.4 Å². The minimum Gasteiger partial charge on any atom is -0.497 e. The lowest BCUT2D eigenvalue weighted by atomic mass is 9.79. The molecule has 0 aliphatic carbocycles. The number of hydrogen-bond acceptors (Lipinski definition) is 5. The summed E-state index contributed by atoms with van der Waals surface area (Å²) in [5.41, 5.74) is 2.84. The van der Waals surface area contributed by atoms with Crippen molar-refractivity contribution in [1.82, 2.24) is 15.1 Å². The lowest BCUT2D eigenvalue weighted by molar-refractivity contribution is -0.124. The third-order valence-electron chi connectivity index (χ3n) is 7.50. The lowest BCUT2D eigenvalue weighted by Gasteiger charge is -2.42. The molecule has 7 nitrogen and oxygen atoms in total. The van der Waals surface area contributed by atoms with Crippen LogP contribution in [-0.4, -0.2) is 68.1 Å². The summed E-state index contributed by atoms with van der Waals surface area (Å²) in [6.45, 7) is 4.97. The van der Waals surface area contributed by atoms with Crippen LogP contribution in [0.25, 0.3) is 0 Å². The number of benzene rings is 3. The Morgan fingerprint density at radius 1 is 1.03 bits per heavy atom. The maximum atomic E-state index is 13.9. The molecule has 3 aromatic carbocycles. The number of nitrogens with zero attached hydrogens (tertiary/aromatic N) is 2. The van der Waals surface area contributed by atoms with E-state index in [1.807, 2.05) is 42.5 Å². The van der Waals surface area contributed by atoms with Gasteiger partial charge in [-0.15, -0.1) is 0 Å². The average Bonchev–Trinajstić information content (AvgIpc) is 2.98. The maximum absolute atomic E-state index is 13.9. The highest BCUT2D eigenvalue weighted by molar-refractivity contribution is 6.01. The van der Waals surface area contributed by atoms with Gasteiger partial charge in [-0.1, -0.05) is 42.5 Å². The van der Waals surface area contributed by atoms with Crippen LogP contribution in [0.3, 0.4) is 0 Å². The number of halogens is 1. The van der Waals surface area contributed by atoms with Gasteiger partial charge in [-0.2, -0.15) is 0 Å². The number of rotatable bonds is 9. The fourth-order valence-corrected chi connectivity index (χ4v) is 5.46. The summed E-state index contributed by atoms with van der Waals surface area (Å²) in [6, 6.07) is 20.4. The topological polar surface area (TPSA) is 71.1 Å². The Morgan fingerprint density at radius 3 is 2.46 bits per heavy atom. The normalized spacial score (nSPS) is 19.4. The van der Waals surface area contributed by atoms with Crippen molar-refractivity contribution in [2.45, 2.75) is 24.9 Å². The van der Waals surface area contributed by atoms with Crippen LogP contribution in [0.2, 0.25) is 0 Å². The molecule has 1 fully saturated rings. The van der Waals surface area contributed by atoms with Crippen LogP contribution in [0.15, 0.2) is 72.8 Å². The molecule has 0 bridgehead atoms. The molecule has 0 aromatic heterocycles. The van der Waals surface area contributed by atoms with Gasteiger partial charge in [-0.25, -0.2) is 4.39 Å². The van der Waals surface area contributed by atoms with E-state index in [4.69, 9.17) is 9.47 Å². The van der Waals surface area contributed by atoms with E-state index in [0.29, 0.717) is 23.4 Å². The van der Waals surface area contributed by atoms with Gasteiger partial charge in [0, 0.05) is 31.7 Å². The second-order valence-electron chi connectivity index (χ2n) is 9.94. The van der Waals surface area contributed by atoms with Crippen molar-refractivity contribution in [3.05, 3.63) is 101 Å². The van der Waals surface area contributed by atoms with Gasteiger partial charge < -0.3 is 19.7 Å². The Bertz CT molecular complexity index is 1280. The monoisotopic (exact) mass is 531 g/mol. The number of carbonyl (C=O) groups is 2. The Morgan fingerprint density at radius 2 is 1.74 bits per heavy atom. The number of ether oxygens (including phenoxy) is 2. The molecule has 0 saturated carbocycles. The highest BCUT2D eigenvalue weighted by Gasteiger charge is 2.44. The molecule has 2 aliphatic heterocycles. The maximum Gasteiger partial charge on any atom is 0.255 e. The average molecular weight is 532 g/mol. The molecule has 39 heavy (non-hydrogen) atoms. The molecule has 1 saturated heterocycles. The highest BCUT2D eigenvalue weighted by Crippen LogP contribution is 2.44. The van der Waals surface area contributed by atoms with E-state index in [-0.39, 0.29) is 24.2 Å². The Kier molecular flexibility index (Phi) is 8.54. The molecule has 2 amide bonds. The second-order valence-corrected chi connectivity index (χ2v) is 9.94. The zero-order chi connectivity index (χ0) is 27.2. The van der Waals surface area contributed by atoms with Gasteiger partial charge in [0.25, 0.3) is 5.91 Å². The Labute approximate surface area is 228 Å². The van der Waals surface area contributed by atoms with Crippen LogP contribution in [0.4, 0.5) is 4.39 Å². The molecule has 3 aromatic rings. The predicted molar refractivity (Wildman–Crippen MR) is 146 cm³/mol. The third-order valence-corrected chi connectivity index (χ3v) is 7.50. The second kappa shape index (κ2) is 12.4. The first kappa shape index (κ1) is 26.8. The van der Waals surface area contributed by atoms with Gasteiger partial charge in [-0.3, -0.25) is 14.5 Å². The van der Waals surface area contributed by atoms with Crippen LogP contribution in [0.1, 0.15) is 45.4 Å². The van der Waals surface area contributed by atoms with Gasteiger partial charge in [0.05, 0.1) is 32.3 Å². The van der Waals surface area contributed by atoms with Crippen molar-refractivity contribution < 1.29 is 23.5 Å². The first-order valence-electron chi connectivity index (χ1n) is 13.4. The summed E-state index contributed by atoms with van der Waals surface area (Å²) in [5, 5.41) is 3.15. The van der Waals surface area contributed by atoms with Crippen LogP contribution in [0, 0.1) is 5.82 Å². The SMILES string of the molecule is COc1ccc([C@@H]2[C@@H](C(=O)NCCCN3CCOCC3)c3ccccc3C(=O)N2Cc2ccc(F)cc2)cc1. The van der Waals surface area contributed by atoms with E-state index in [2.05, 4.69) is 10.2 Å². The van der Waals surface area contributed by atoms with Crippen LogP contribution in [0.5, 0.6) is 5.75 Å². The van der Waals surface area contributed by atoms with Crippen molar-refractivity contribution in [2.24, 2.45) is 0 Å². The first-order chi connectivity index (χ1) is 19.0. The largest absolute Gasteiger partial charge is 0.497 e. The highest BCUT2D eigenvalue weighted by atomic mass is 19.1. The molecule has 2 atom stereocenters. The molecule has 204 valence electrons. The zero-order valence-electron chi connectivity index (χ0n) is 22.1. The number of fused-ring (bicyclic) bond motifs is 1. The van der Waals surface area contributed by atoms with Crippen molar-refractivity contribution in [1.29, 1.82) is 0 Å². The van der Waals surface area contributed by atoms with E-state index in [1.165, 1.54) is 12.1 Å². The van der Waals surface area contributed by atoms with Gasteiger partial charge >= 0.3 is 0 Å². The minimum absolute atomic E-state index is 0.123. The predicted octanol–water partition coefficient (Wildman–Crippen LogP) is 4.15. The number of hydrogen-bond donors (Lipinski definition) is 1. The van der Waals surface area contributed by atoms with Crippen molar-refractivity contribution in [3.63, 3.8) is 0 Å². The van der Waals surface area contributed by atoms with E-state index in [9.17, 15) is 14.0 Å². The van der Waals surface area contributed by atoms with E-state index in [1.54, 1.807) is 30.2 Å². The fraction of sp³-hybridized carbons (Fsp3) is 0.355. The van der Waals surface area contributed by atoms with E-state index < -0.39 is 12.0 Å². The molecule has 0 spiro atoms. The van der Waals surface area contributed by atoms with Crippen LogP contribution < -0.4 is 10.1 Å². The molecule has 8 heteroatoms. The summed E-state index contributed by atoms with van der Waals surface area (Å²) in [5.74, 6) is -0.546. The van der Waals surface area contributed by atoms with Crippen molar-refractivity contribution >= 4 is 11.8 Å². The summed E-state index contributed by atoms with van der Waals surface area (Å²) >= 11 is 0. The Hall–Kier alpha value is -3.75. The number of nitrogens with one attached hydrogen (secondary N) is 1. The first-order valence-corrected chi connectivity index (χ1v) is 13.4. The minimum atomic E-state index is -0.615.